The normalized spacial score (nSPS) is 24.8. The van der Waals surface area contributed by atoms with Gasteiger partial charge in [-0.15, -0.1) is 0 Å². The van der Waals surface area contributed by atoms with Crippen LogP contribution in [0.15, 0.2) is 24.3 Å². The first-order valence-electron chi connectivity index (χ1n) is 5.35. The predicted octanol–water partition coefficient (Wildman–Crippen LogP) is 1.10. The maximum atomic E-state index is 13.6. The van der Waals surface area contributed by atoms with Crippen molar-refractivity contribution < 1.29 is 9.18 Å². The van der Waals surface area contributed by atoms with Crippen LogP contribution in [-0.4, -0.2) is 29.9 Å². The van der Waals surface area contributed by atoms with Gasteiger partial charge in [0.1, 0.15) is 5.82 Å². The molecule has 0 spiro atoms. The Hall–Kier alpha value is -1.42. The standard InChI is InChI=1S/C12H15FN2O/c1-8(16)15-6-10(12(14)7-15)9-4-2-3-5-11(9)13/h2-5,10,12H,6-7,14H2,1H3/t10-,12+/m0/s1. The fourth-order valence-corrected chi connectivity index (χ4v) is 2.19. The fourth-order valence-electron chi connectivity index (χ4n) is 2.19. The van der Waals surface area contributed by atoms with Crippen molar-refractivity contribution in [2.24, 2.45) is 5.73 Å². The van der Waals surface area contributed by atoms with Crippen LogP contribution in [0.3, 0.4) is 0 Å². The molecule has 0 radical (unpaired) electrons. The number of amides is 1. The molecule has 1 aliphatic heterocycles. The van der Waals surface area contributed by atoms with Crippen molar-refractivity contribution in [3.8, 4) is 0 Å². The summed E-state index contributed by atoms with van der Waals surface area (Å²) in [6.07, 6.45) is 0. The molecule has 0 unspecified atom stereocenters. The van der Waals surface area contributed by atoms with Crippen molar-refractivity contribution in [1.29, 1.82) is 0 Å². The molecule has 0 saturated carbocycles. The lowest BCUT2D eigenvalue weighted by Gasteiger charge is -2.15. The average Bonchev–Trinajstić information content (AvgIpc) is 2.61. The first-order valence-corrected chi connectivity index (χ1v) is 5.35. The highest BCUT2D eigenvalue weighted by molar-refractivity contribution is 5.73. The molecule has 86 valence electrons. The Kier molecular flexibility index (Phi) is 2.92. The van der Waals surface area contributed by atoms with Crippen molar-refractivity contribution in [2.45, 2.75) is 18.9 Å². The van der Waals surface area contributed by atoms with Gasteiger partial charge in [0.15, 0.2) is 0 Å². The number of benzene rings is 1. The van der Waals surface area contributed by atoms with Crippen LogP contribution in [0.1, 0.15) is 18.4 Å². The van der Waals surface area contributed by atoms with Gasteiger partial charge in [-0.2, -0.15) is 0 Å². The SMILES string of the molecule is CC(=O)N1C[C@@H](N)[C@H](c2ccccc2F)C1. The van der Waals surface area contributed by atoms with E-state index in [4.69, 9.17) is 5.73 Å². The highest BCUT2D eigenvalue weighted by Gasteiger charge is 2.33. The molecule has 2 rings (SSSR count). The van der Waals surface area contributed by atoms with Crippen LogP contribution >= 0.6 is 0 Å². The Morgan fingerprint density at radius 1 is 1.44 bits per heavy atom. The van der Waals surface area contributed by atoms with Crippen LogP contribution in [0.4, 0.5) is 4.39 Å². The molecule has 1 fully saturated rings. The van der Waals surface area contributed by atoms with E-state index in [1.54, 1.807) is 23.1 Å². The number of hydrogen-bond acceptors (Lipinski definition) is 2. The molecular formula is C12H15FN2O. The summed E-state index contributed by atoms with van der Waals surface area (Å²) in [7, 11) is 0. The first kappa shape index (κ1) is 11.1. The molecule has 1 aromatic carbocycles. The number of hydrogen-bond donors (Lipinski definition) is 1. The van der Waals surface area contributed by atoms with Gasteiger partial charge in [0.25, 0.3) is 0 Å². The van der Waals surface area contributed by atoms with E-state index in [1.165, 1.54) is 13.0 Å². The summed E-state index contributed by atoms with van der Waals surface area (Å²) in [5, 5.41) is 0. The van der Waals surface area contributed by atoms with Gasteiger partial charge in [-0.1, -0.05) is 18.2 Å². The predicted molar refractivity (Wildman–Crippen MR) is 59.4 cm³/mol. The summed E-state index contributed by atoms with van der Waals surface area (Å²) in [5.74, 6) is -0.340. The molecule has 0 bridgehead atoms. The molecule has 1 aliphatic rings. The molecule has 2 N–H and O–H groups in total. The second-order valence-electron chi connectivity index (χ2n) is 4.22. The Morgan fingerprint density at radius 3 is 2.69 bits per heavy atom. The summed E-state index contributed by atoms with van der Waals surface area (Å²) >= 11 is 0. The molecule has 1 amide bonds. The van der Waals surface area contributed by atoms with Gasteiger partial charge >= 0.3 is 0 Å². The third-order valence-corrected chi connectivity index (χ3v) is 3.12. The van der Waals surface area contributed by atoms with E-state index in [0.29, 0.717) is 18.7 Å². The summed E-state index contributed by atoms with van der Waals surface area (Å²) < 4.78 is 13.6. The summed E-state index contributed by atoms with van der Waals surface area (Å²) in [5.41, 5.74) is 6.56. The average molecular weight is 222 g/mol. The maximum Gasteiger partial charge on any atom is 0.219 e. The van der Waals surface area contributed by atoms with E-state index in [9.17, 15) is 9.18 Å². The van der Waals surface area contributed by atoms with Crippen molar-refractivity contribution in [2.75, 3.05) is 13.1 Å². The van der Waals surface area contributed by atoms with Gasteiger partial charge in [-0.3, -0.25) is 4.79 Å². The van der Waals surface area contributed by atoms with Crippen LogP contribution in [0.2, 0.25) is 0 Å². The second kappa shape index (κ2) is 4.22. The lowest BCUT2D eigenvalue weighted by atomic mass is 9.94. The fraction of sp³-hybridized carbons (Fsp3) is 0.417. The summed E-state index contributed by atoms with van der Waals surface area (Å²) in [6, 6.07) is 6.44. The Morgan fingerprint density at radius 2 is 2.12 bits per heavy atom. The van der Waals surface area contributed by atoms with Crippen LogP contribution < -0.4 is 5.73 Å². The first-order chi connectivity index (χ1) is 7.59. The van der Waals surface area contributed by atoms with Gasteiger partial charge in [0.05, 0.1) is 0 Å². The van der Waals surface area contributed by atoms with E-state index in [-0.39, 0.29) is 23.7 Å². The van der Waals surface area contributed by atoms with Crippen molar-refractivity contribution in [3.05, 3.63) is 35.6 Å². The zero-order valence-corrected chi connectivity index (χ0v) is 9.19. The second-order valence-corrected chi connectivity index (χ2v) is 4.22. The molecule has 0 aromatic heterocycles. The minimum atomic E-state index is -0.242. The number of rotatable bonds is 1. The number of likely N-dealkylation sites (tertiary alicyclic amines) is 1. The summed E-state index contributed by atoms with van der Waals surface area (Å²) in [6.45, 7) is 2.53. The monoisotopic (exact) mass is 222 g/mol. The topological polar surface area (TPSA) is 46.3 Å². The van der Waals surface area contributed by atoms with Gasteiger partial charge in [-0.05, 0) is 11.6 Å². The lowest BCUT2D eigenvalue weighted by molar-refractivity contribution is -0.127. The van der Waals surface area contributed by atoms with Crippen LogP contribution in [0, 0.1) is 5.82 Å². The van der Waals surface area contributed by atoms with Gasteiger partial charge < -0.3 is 10.6 Å². The molecule has 2 atom stereocenters. The molecule has 4 heteroatoms. The molecule has 1 saturated heterocycles. The molecule has 1 aromatic rings. The van der Waals surface area contributed by atoms with E-state index >= 15 is 0 Å². The van der Waals surface area contributed by atoms with E-state index in [2.05, 4.69) is 0 Å². The highest BCUT2D eigenvalue weighted by atomic mass is 19.1. The number of nitrogens with two attached hydrogens (primary N) is 1. The minimum absolute atomic E-state index is 0.00529. The van der Waals surface area contributed by atoms with E-state index in [1.807, 2.05) is 0 Å². The quantitative estimate of drug-likeness (QED) is 0.773. The highest BCUT2D eigenvalue weighted by Crippen LogP contribution is 2.28. The number of carbonyl (C=O) groups excluding carboxylic acids is 1. The van der Waals surface area contributed by atoms with Gasteiger partial charge in [0, 0.05) is 32.0 Å². The van der Waals surface area contributed by atoms with E-state index < -0.39 is 0 Å². The van der Waals surface area contributed by atoms with Crippen molar-refractivity contribution in [3.63, 3.8) is 0 Å². The largest absolute Gasteiger partial charge is 0.341 e. The van der Waals surface area contributed by atoms with Crippen molar-refractivity contribution >= 4 is 5.91 Å². The molecule has 0 aliphatic carbocycles. The van der Waals surface area contributed by atoms with Gasteiger partial charge in [0.2, 0.25) is 5.91 Å². The van der Waals surface area contributed by atoms with E-state index in [0.717, 1.165) is 0 Å². The number of nitrogens with zero attached hydrogens (tertiary/aromatic N) is 1. The van der Waals surface area contributed by atoms with Gasteiger partial charge in [-0.25, -0.2) is 4.39 Å². The lowest BCUT2D eigenvalue weighted by Crippen LogP contribution is -2.30. The maximum absolute atomic E-state index is 13.6. The Labute approximate surface area is 94.0 Å². The summed E-state index contributed by atoms with van der Waals surface area (Å²) in [4.78, 5) is 12.9. The minimum Gasteiger partial charge on any atom is -0.341 e. The smallest absolute Gasteiger partial charge is 0.219 e. The zero-order valence-electron chi connectivity index (χ0n) is 9.19. The molecule has 3 nitrogen and oxygen atoms in total. The third kappa shape index (κ3) is 1.93. The molecule has 1 heterocycles. The van der Waals surface area contributed by atoms with Crippen molar-refractivity contribution in [1.82, 2.24) is 4.90 Å². The van der Waals surface area contributed by atoms with Crippen LogP contribution in [0.5, 0.6) is 0 Å². The zero-order chi connectivity index (χ0) is 11.7. The molecular weight excluding hydrogens is 207 g/mol. The van der Waals surface area contributed by atoms with Crippen LogP contribution in [0.25, 0.3) is 0 Å². The van der Waals surface area contributed by atoms with Crippen LogP contribution in [-0.2, 0) is 4.79 Å². The Balaban J connectivity index is 2.23. The number of carbonyl (C=O) groups is 1. The molecule has 16 heavy (non-hydrogen) atoms. The third-order valence-electron chi connectivity index (χ3n) is 3.12. The Bertz CT molecular complexity index is 408. The number of halogens is 1.